The number of aliphatic hydroxyl groups is 1. The van der Waals surface area contributed by atoms with E-state index in [1.54, 1.807) is 6.08 Å². The monoisotopic (exact) mass is 321 g/mol. The molecule has 1 aromatic carbocycles. The summed E-state index contributed by atoms with van der Waals surface area (Å²) in [6.45, 7) is 0.0154. The average Bonchev–Trinajstić information content (AvgIpc) is 2.79. The Hall–Kier alpha value is -0.590. The first-order valence-electron chi connectivity index (χ1n) is 5.69. The van der Waals surface area contributed by atoms with Gasteiger partial charge < -0.3 is 5.11 Å². The Balaban J connectivity index is 2.15. The van der Waals surface area contributed by atoms with Gasteiger partial charge in [0, 0.05) is 18.6 Å². The molecule has 2 rings (SSSR count). The van der Waals surface area contributed by atoms with Gasteiger partial charge in [-0.05, 0) is 24.6 Å². The number of halogens is 2. The van der Waals surface area contributed by atoms with E-state index in [0.29, 0.717) is 11.4 Å². The second kappa shape index (κ2) is 5.81. The van der Waals surface area contributed by atoms with Crippen LogP contribution < -0.4 is 4.72 Å². The van der Waals surface area contributed by atoms with E-state index in [4.69, 9.17) is 28.3 Å². The second-order valence-electron chi connectivity index (χ2n) is 4.37. The standard InChI is InChI=1S/C12H13Cl2NO3S/c13-11-4-3-10(6-12(11)14)19(17,18)15-9-2-1-8(5-9)7-16/h1-4,6,8-9,15-16H,5,7H2/t8-,9+/m0/s1. The van der Waals surface area contributed by atoms with Crippen LogP contribution >= 0.6 is 23.2 Å². The van der Waals surface area contributed by atoms with Gasteiger partial charge >= 0.3 is 0 Å². The molecular weight excluding hydrogens is 309 g/mol. The molecule has 0 radical (unpaired) electrons. The van der Waals surface area contributed by atoms with E-state index >= 15 is 0 Å². The molecule has 0 heterocycles. The zero-order valence-corrected chi connectivity index (χ0v) is 12.2. The molecule has 19 heavy (non-hydrogen) atoms. The van der Waals surface area contributed by atoms with Gasteiger partial charge in [-0.25, -0.2) is 13.1 Å². The molecule has 0 unspecified atom stereocenters. The van der Waals surface area contributed by atoms with Crippen LogP contribution in [0.5, 0.6) is 0 Å². The van der Waals surface area contributed by atoms with Crippen molar-refractivity contribution in [2.75, 3.05) is 6.61 Å². The highest BCUT2D eigenvalue weighted by molar-refractivity contribution is 7.89. The van der Waals surface area contributed by atoms with Crippen molar-refractivity contribution in [1.29, 1.82) is 0 Å². The quantitative estimate of drug-likeness (QED) is 0.835. The molecule has 1 aliphatic rings. The van der Waals surface area contributed by atoms with Crippen molar-refractivity contribution in [1.82, 2.24) is 4.72 Å². The summed E-state index contributed by atoms with van der Waals surface area (Å²) in [5.74, 6) is 0.00139. The maximum atomic E-state index is 12.1. The van der Waals surface area contributed by atoms with Crippen LogP contribution in [-0.2, 0) is 10.0 Å². The van der Waals surface area contributed by atoms with Gasteiger partial charge in [0.1, 0.15) is 0 Å². The molecule has 1 aliphatic carbocycles. The van der Waals surface area contributed by atoms with Crippen LogP contribution in [0.25, 0.3) is 0 Å². The Morgan fingerprint density at radius 2 is 2.00 bits per heavy atom. The van der Waals surface area contributed by atoms with Crippen LogP contribution in [0.15, 0.2) is 35.2 Å². The van der Waals surface area contributed by atoms with E-state index in [2.05, 4.69) is 4.72 Å². The molecule has 0 amide bonds. The molecule has 2 N–H and O–H groups in total. The second-order valence-corrected chi connectivity index (χ2v) is 6.90. The minimum absolute atomic E-state index is 0.00139. The Labute approximate surface area is 122 Å². The largest absolute Gasteiger partial charge is 0.396 e. The van der Waals surface area contributed by atoms with Crippen molar-refractivity contribution >= 4 is 33.2 Å². The molecule has 7 heteroatoms. The summed E-state index contributed by atoms with van der Waals surface area (Å²) in [5.41, 5.74) is 0. The van der Waals surface area contributed by atoms with Crippen molar-refractivity contribution in [3.63, 3.8) is 0 Å². The van der Waals surface area contributed by atoms with E-state index in [9.17, 15) is 8.42 Å². The molecule has 0 saturated heterocycles. The number of aliphatic hydroxyl groups excluding tert-OH is 1. The highest BCUT2D eigenvalue weighted by Gasteiger charge is 2.24. The molecule has 0 fully saturated rings. The Morgan fingerprint density at radius 1 is 1.26 bits per heavy atom. The van der Waals surface area contributed by atoms with Crippen molar-refractivity contribution < 1.29 is 13.5 Å². The van der Waals surface area contributed by atoms with Gasteiger partial charge in [-0.2, -0.15) is 0 Å². The molecule has 2 atom stereocenters. The van der Waals surface area contributed by atoms with Gasteiger partial charge in [-0.1, -0.05) is 35.4 Å². The summed E-state index contributed by atoms with van der Waals surface area (Å²) in [4.78, 5) is 0.0720. The molecule has 1 aromatic rings. The first-order chi connectivity index (χ1) is 8.92. The fraction of sp³-hybridized carbons (Fsp3) is 0.333. The topological polar surface area (TPSA) is 66.4 Å². The predicted molar refractivity (Wildman–Crippen MR) is 74.9 cm³/mol. The lowest BCUT2D eigenvalue weighted by Gasteiger charge is -2.13. The van der Waals surface area contributed by atoms with Gasteiger partial charge in [0.15, 0.2) is 0 Å². The van der Waals surface area contributed by atoms with Crippen LogP contribution in [-0.4, -0.2) is 26.2 Å². The number of sulfonamides is 1. The fourth-order valence-corrected chi connectivity index (χ4v) is 3.50. The summed E-state index contributed by atoms with van der Waals surface area (Å²) in [5, 5.41) is 9.51. The molecule has 0 saturated carbocycles. The van der Waals surface area contributed by atoms with Crippen molar-refractivity contribution in [2.24, 2.45) is 5.92 Å². The normalized spacial score (nSPS) is 22.9. The predicted octanol–water partition coefficient (Wildman–Crippen LogP) is 2.21. The molecule has 0 spiro atoms. The van der Waals surface area contributed by atoms with Crippen LogP contribution in [0.1, 0.15) is 6.42 Å². The van der Waals surface area contributed by atoms with Crippen molar-refractivity contribution in [3.05, 3.63) is 40.4 Å². The lowest BCUT2D eigenvalue weighted by molar-refractivity contribution is 0.248. The highest BCUT2D eigenvalue weighted by Crippen LogP contribution is 2.25. The zero-order chi connectivity index (χ0) is 14.0. The number of rotatable bonds is 4. The Bertz CT molecular complexity index is 601. The third kappa shape index (κ3) is 3.49. The molecule has 0 bridgehead atoms. The average molecular weight is 322 g/mol. The highest BCUT2D eigenvalue weighted by atomic mass is 35.5. The molecule has 104 valence electrons. The summed E-state index contributed by atoms with van der Waals surface area (Å²) in [6, 6.07) is 3.85. The van der Waals surface area contributed by atoms with Crippen LogP contribution in [0.3, 0.4) is 0 Å². The number of benzene rings is 1. The molecular formula is C12H13Cl2NO3S. The van der Waals surface area contributed by atoms with Crippen LogP contribution in [0.4, 0.5) is 0 Å². The van der Waals surface area contributed by atoms with E-state index < -0.39 is 10.0 Å². The SMILES string of the molecule is O=S(=O)(N[C@@H]1C=C[C@H](CO)C1)c1ccc(Cl)c(Cl)c1. The first kappa shape index (κ1) is 14.8. The zero-order valence-electron chi connectivity index (χ0n) is 9.88. The third-order valence-electron chi connectivity index (χ3n) is 2.91. The van der Waals surface area contributed by atoms with E-state index in [1.165, 1.54) is 18.2 Å². The van der Waals surface area contributed by atoms with E-state index in [1.807, 2.05) is 6.08 Å². The maximum absolute atomic E-state index is 12.1. The minimum atomic E-state index is -3.64. The maximum Gasteiger partial charge on any atom is 0.241 e. The number of hydrogen-bond donors (Lipinski definition) is 2. The molecule has 0 aromatic heterocycles. The van der Waals surface area contributed by atoms with E-state index in [0.717, 1.165) is 0 Å². The Kier molecular flexibility index (Phi) is 4.53. The summed E-state index contributed by atoms with van der Waals surface area (Å²) in [6.07, 6.45) is 4.11. The van der Waals surface area contributed by atoms with Gasteiger partial charge in [0.25, 0.3) is 0 Å². The smallest absolute Gasteiger partial charge is 0.241 e. The fourth-order valence-electron chi connectivity index (χ4n) is 1.91. The number of hydrogen-bond acceptors (Lipinski definition) is 3. The Morgan fingerprint density at radius 3 is 2.58 bits per heavy atom. The number of nitrogens with one attached hydrogen (secondary N) is 1. The molecule has 4 nitrogen and oxygen atoms in total. The third-order valence-corrected chi connectivity index (χ3v) is 5.14. The van der Waals surface area contributed by atoms with Crippen LogP contribution in [0.2, 0.25) is 10.0 Å². The summed E-state index contributed by atoms with van der Waals surface area (Å²) >= 11 is 11.6. The summed E-state index contributed by atoms with van der Waals surface area (Å²) in [7, 11) is -3.64. The lowest BCUT2D eigenvalue weighted by atomic mass is 10.1. The van der Waals surface area contributed by atoms with Gasteiger partial charge in [-0.3, -0.25) is 0 Å². The van der Waals surface area contributed by atoms with Crippen LogP contribution in [0, 0.1) is 5.92 Å². The minimum Gasteiger partial charge on any atom is -0.396 e. The van der Waals surface area contributed by atoms with Crippen molar-refractivity contribution in [2.45, 2.75) is 17.4 Å². The summed E-state index contributed by atoms with van der Waals surface area (Å²) < 4.78 is 26.8. The van der Waals surface area contributed by atoms with Gasteiger partial charge in [0.2, 0.25) is 10.0 Å². The molecule has 0 aliphatic heterocycles. The van der Waals surface area contributed by atoms with E-state index in [-0.39, 0.29) is 28.5 Å². The lowest BCUT2D eigenvalue weighted by Crippen LogP contribution is -2.32. The first-order valence-corrected chi connectivity index (χ1v) is 7.93. The van der Waals surface area contributed by atoms with Gasteiger partial charge in [0.05, 0.1) is 14.9 Å². The van der Waals surface area contributed by atoms with Gasteiger partial charge in [-0.15, -0.1) is 0 Å². The van der Waals surface area contributed by atoms with Crippen molar-refractivity contribution in [3.8, 4) is 0 Å².